The molecule has 1 unspecified atom stereocenters. The van der Waals surface area contributed by atoms with E-state index in [1.807, 2.05) is 0 Å². The number of aliphatic hydroxyl groups excluding tert-OH is 1. The summed E-state index contributed by atoms with van der Waals surface area (Å²) >= 11 is 0. The molecule has 1 atom stereocenters. The molecular formula is C11H18N2O3. The molecule has 0 aliphatic carbocycles. The van der Waals surface area contributed by atoms with Crippen molar-refractivity contribution in [2.75, 3.05) is 14.1 Å². The minimum Gasteiger partial charge on any atom is -0.462 e. The van der Waals surface area contributed by atoms with Crippen molar-refractivity contribution in [2.45, 2.75) is 26.1 Å². The molecule has 0 aliphatic heterocycles. The third kappa shape index (κ3) is 3.36. The van der Waals surface area contributed by atoms with Crippen LogP contribution in [0.4, 0.5) is 0 Å². The number of nitrogens with one attached hydrogen (secondary N) is 1. The Balaban J connectivity index is 2.42. The first-order valence-corrected chi connectivity index (χ1v) is 5.17. The molecular weight excluding hydrogens is 208 g/mol. The van der Waals surface area contributed by atoms with Gasteiger partial charge in [-0.3, -0.25) is 10.1 Å². The van der Waals surface area contributed by atoms with Crippen molar-refractivity contribution in [3.8, 4) is 0 Å². The second-order valence-electron chi connectivity index (χ2n) is 3.86. The first-order valence-electron chi connectivity index (χ1n) is 5.17. The van der Waals surface area contributed by atoms with E-state index >= 15 is 0 Å². The molecule has 1 amide bonds. The van der Waals surface area contributed by atoms with Gasteiger partial charge in [0.2, 0.25) is 5.91 Å². The predicted molar refractivity (Wildman–Crippen MR) is 59.6 cm³/mol. The Kier molecular flexibility index (Phi) is 4.52. The highest BCUT2D eigenvalue weighted by molar-refractivity contribution is 5.80. The average molecular weight is 226 g/mol. The van der Waals surface area contributed by atoms with Crippen molar-refractivity contribution >= 4 is 5.91 Å². The van der Waals surface area contributed by atoms with Gasteiger partial charge in [0, 0.05) is 14.1 Å². The van der Waals surface area contributed by atoms with Crippen LogP contribution in [0.25, 0.3) is 0 Å². The number of carbonyl (C=O) groups excluding carboxylic acids is 1. The largest absolute Gasteiger partial charge is 0.462 e. The molecule has 5 heteroatoms. The van der Waals surface area contributed by atoms with Crippen LogP contribution in [-0.4, -0.2) is 36.1 Å². The molecule has 0 radical (unpaired) electrons. The lowest BCUT2D eigenvalue weighted by Crippen LogP contribution is -2.41. The van der Waals surface area contributed by atoms with E-state index in [1.165, 1.54) is 0 Å². The summed E-state index contributed by atoms with van der Waals surface area (Å²) in [5, 5.41) is 11.9. The van der Waals surface area contributed by atoms with Gasteiger partial charge in [0.1, 0.15) is 18.1 Å². The zero-order chi connectivity index (χ0) is 12.1. The van der Waals surface area contributed by atoms with Gasteiger partial charge in [-0.1, -0.05) is 0 Å². The smallest absolute Gasteiger partial charge is 0.238 e. The maximum Gasteiger partial charge on any atom is 0.238 e. The van der Waals surface area contributed by atoms with Gasteiger partial charge < -0.3 is 14.4 Å². The highest BCUT2D eigenvalue weighted by Gasteiger charge is 2.14. The highest BCUT2D eigenvalue weighted by Crippen LogP contribution is 2.07. The zero-order valence-corrected chi connectivity index (χ0v) is 9.86. The lowest BCUT2D eigenvalue weighted by Gasteiger charge is -2.17. The van der Waals surface area contributed by atoms with Crippen LogP contribution in [0.2, 0.25) is 0 Å². The lowest BCUT2D eigenvalue weighted by molar-refractivity contribution is -0.130. The fourth-order valence-corrected chi connectivity index (χ4v) is 1.33. The third-order valence-corrected chi connectivity index (χ3v) is 2.27. The Morgan fingerprint density at radius 3 is 2.62 bits per heavy atom. The summed E-state index contributed by atoms with van der Waals surface area (Å²) in [7, 11) is 3.44. The zero-order valence-electron chi connectivity index (χ0n) is 9.86. The second kappa shape index (κ2) is 5.67. The Morgan fingerprint density at radius 1 is 1.50 bits per heavy atom. The molecule has 2 N–H and O–H groups in total. The van der Waals surface area contributed by atoms with Crippen molar-refractivity contribution in [2.24, 2.45) is 0 Å². The molecule has 0 bridgehead atoms. The van der Waals surface area contributed by atoms with E-state index in [0.717, 1.165) is 0 Å². The van der Waals surface area contributed by atoms with E-state index < -0.39 is 0 Å². The molecule has 5 nitrogen and oxygen atoms in total. The Bertz CT molecular complexity index is 347. The van der Waals surface area contributed by atoms with Gasteiger partial charge in [0.15, 0.2) is 0 Å². The minimum absolute atomic E-state index is 0.0222. The molecule has 1 aromatic rings. The van der Waals surface area contributed by atoms with Gasteiger partial charge in [-0.25, -0.2) is 0 Å². The van der Waals surface area contributed by atoms with Crippen LogP contribution in [0.3, 0.4) is 0 Å². The van der Waals surface area contributed by atoms with Crippen LogP contribution in [0, 0.1) is 0 Å². The average Bonchev–Trinajstić information content (AvgIpc) is 2.72. The minimum atomic E-state index is -0.252. The van der Waals surface area contributed by atoms with Crippen LogP contribution >= 0.6 is 0 Å². The first-order chi connectivity index (χ1) is 7.54. The summed E-state index contributed by atoms with van der Waals surface area (Å²) < 4.78 is 5.29. The molecule has 0 spiro atoms. The van der Waals surface area contributed by atoms with Crippen molar-refractivity contribution in [1.82, 2.24) is 10.2 Å². The number of hydrogen-bond acceptors (Lipinski definition) is 4. The summed E-state index contributed by atoms with van der Waals surface area (Å²) in [6.45, 7) is 2.17. The fourth-order valence-electron chi connectivity index (χ4n) is 1.33. The molecule has 0 aliphatic rings. The standard InChI is InChI=1S/C11H18N2O3/c1-8(11(15)13(2)3)12-6-9-4-5-10(7-14)16-9/h4-5,8,12,14H,6-7H2,1-3H3. The van der Waals surface area contributed by atoms with Crippen molar-refractivity contribution < 1.29 is 14.3 Å². The Labute approximate surface area is 95.0 Å². The third-order valence-electron chi connectivity index (χ3n) is 2.27. The van der Waals surface area contributed by atoms with Crippen molar-refractivity contribution in [3.05, 3.63) is 23.7 Å². The number of nitrogens with zero attached hydrogens (tertiary/aromatic N) is 1. The van der Waals surface area contributed by atoms with Gasteiger partial charge in [-0.05, 0) is 19.1 Å². The van der Waals surface area contributed by atoms with Crippen LogP contribution < -0.4 is 5.32 Å². The molecule has 90 valence electrons. The molecule has 1 rings (SSSR count). The molecule has 0 fully saturated rings. The highest BCUT2D eigenvalue weighted by atomic mass is 16.4. The van der Waals surface area contributed by atoms with Crippen molar-refractivity contribution in [3.63, 3.8) is 0 Å². The van der Waals surface area contributed by atoms with E-state index in [4.69, 9.17) is 9.52 Å². The van der Waals surface area contributed by atoms with E-state index in [2.05, 4.69) is 5.32 Å². The van der Waals surface area contributed by atoms with Gasteiger partial charge in [-0.2, -0.15) is 0 Å². The number of aliphatic hydroxyl groups is 1. The van der Waals surface area contributed by atoms with Gasteiger partial charge in [-0.15, -0.1) is 0 Å². The normalized spacial score (nSPS) is 12.5. The van der Waals surface area contributed by atoms with Crippen LogP contribution in [-0.2, 0) is 17.9 Å². The fraction of sp³-hybridized carbons (Fsp3) is 0.545. The monoisotopic (exact) mass is 226 g/mol. The topological polar surface area (TPSA) is 65.7 Å². The van der Waals surface area contributed by atoms with Gasteiger partial charge >= 0.3 is 0 Å². The lowest BCUT2D eigenvalue weighted by atomic mass is 10.3. The number of carbonyl (C=O) groups is 1. The molecule has 0 aromatic carbocycles. The summed E-state index contributed by atoms with van der Waals surface area (Å²) in [4.78, 5) is 13.1. The summed E-state index contributed by atoms with van der Waals surface area (Å²) in [5.74, 6) is 1.26. The summed E-state index contributed by atoms with van der Waals surface area (Å²) in [6, 6.07) is 3.25. The van der Waals surface area contributed by atoms with Crippen LogP contribution in [0.15, 0.2) is 16.5 Å². The molecule has 0 saturated heterocycles. The van der Waals surface area contributed by atoms with E-state index in [1.54, 1.807) is 38.1 Å². The number of amides is 1. The number of likely N-dealkylation sites (N-methyl/N-ethyl adjacent to an activating group) is 1. The molecule has 1 aromatic heterocycles. The summed E-state index contributed by atoms with van der Waals surface area (Å²) in [5.41, 5.74) is 0. The van der Waals surface area contributed by atoms with Crippen LogP contribution in [0.1, 0.15) is 18.4 Å². The Morgan fingerprint density at radius 2 is 2.12 bits per heavy atom. The van der Waals surface area contributed by atoms with Gasteiger partial charge in [0.05, 0.1) is 12.6 Å². The van der Waals surface area contributed by atoms with E-state index in [-0.39, 0.29) is 18.6 Å². The second-order valence-corrected chi connectivity index (χ2v) is 3.86. The van der Waals surface area contributed by atoms with E-state index in [0.29, 0.717) is 18.1 Å². The number of rotatable bonds is 5. The maximum atomic E-state index is 11.5. The van der Waals surface area contributed by atoms with Crippen molar-refractivity contribution in [1.29, 1.82) is 0 Å². The molecule has 1 heterocycles. The maximum absolute atomic E-state index is 11.5. The quantitative estimate of drug-likeness (QED) is 0.759. The van der Waals surface area contributed by atoms with E-state index in [9.17, 15) is 4.79 Å². The predicted octanol–water partition coefficient (Wildman–Crippen LogP) is 0.338. The first kappa shape index (κ1) is 12.7. The SMILES string of the molecule is CC(NCc1ccc(CO)o1)C(=O)N(C)C. The van der Waals surface area contributed by atoms with Crippen LogP contribution in [0.5, 0.6) is 0 Å². The Hall–Kier alpha value is -1.33. The summed E-state index contributed by atoms with van der Waals surface area (Å²) in [6.07, 6.45) is 0. The van der Waals surface area contributed by atoms with Gasteiger partial charge in [0.25, 0.3) is 0 Å². The number of furan rings is 1. The number of hydrogen-bond donors (Lipinski definition) is 2. The molecule has 0 saturated carbocycles. The molecule has 16 heavy (non-hydrogen) atoms.